The van der Waals surface area contributed by atoms with Crippen LogP contribution in [0.1, 0.15) is 34.8 Å². The van der Waals surface area contributed by atoms with Crippen molar-refractivity contribution in [1.82, 2.24) is 20.1 Å². The molecular formula is C16H26N4OS. The van der Waals surface area contributed by atoms with Gasteiger partial charge in [0.1, 0.15) is 5.01 Å². The van der Waals surface area contributed by atoms with Crippen LogP contribution in [0.3, 0.4) is 0 Å². The molecular weight excluding hydrogens is 296 g/mol. The lowest BCUT2D eigenvalue weighted by Gasteiger charge is -2.46. The van der Waals surface area contributed by atoms with E-state index in [2.05, 4.69) is 34.1 Å². The van der Waals surface area contributed by atoms with Crippen LogP contribution in [0.25, 0.3) is 0 Å². The Balaban J connectivity index is 1.59. The van der Waals surface area contributed by atoms with Crippen molar-refractivity contribution in [3.8, 4) is 0 Å². The number of fused-ring (bicyclic) bond motifs is 1. The molecule has 0 aliphatic carbocycles. The van der Waals surface area contributed by atoms with E-state index in [1.165, 1.54) is 11.3 Å². The Labute approximate surface area is 136 Å². The molecule has 1 N–H and O–H groups in total. The van der Waals surface area contributed by atoms with Crippen LogP contribution in [0, 0.1) is 19.8 Å². The number of carbonyl (C=O) groups is 1. The summed E-state index contributed by atoms with van der Waals surface area (Å²) in [6.45, 7) is 7.75. The number of amides is 2. The number of nitrogens with zero attached hydrogens (tertiary/aromatic N) is 3. The van der Waals surface area contributed by atoms with E-state index in [9.17, 15) is 4.79 Å². The summed E-state index contributed by atoms with van der Waals surface area (Å²) in [6.07, 6.45) is 3.48. The molecule has 122 valence electrons. The standard InChI is InChI=1S/C16H26N4OS/c1-11-12(2)22-15(18-11)9-17-16(21)20-7-4-5-13-10-19(3)8-6-14(13)20/h13-14H,4-10H2,1-3H3,(H,17,21)/t13-,14-/m0/s1. The van der Waals surface area contributed by atoms with Crippen molar-refractivity contribution in [2.75, 3.05) is 26.7 Å². The van der Waals surface area contributed by atoms with Crippen molar-refractivity contribution in [1.29, 1.82) is 0 Å². The summed E-state index contributed by atoms with van der Waals surface area (Å²) in [4.78, 5) is 22.8. The second-order valence-corrected chi connectivity index (χ2v) is 7.91. The lowest BCUT2D eigenvalue weighted by atomic mass is 9.84. The monoisotopic (exact) mass is 322 g/mol. The van der Waals surface area contributed by atoms with Crippen molar-refractivity contribution < 1.29 is 4.79 Å². The third kappa shape index (κ3) is 3.27. The average molecular weight is 322 g/mol. The average Bonchev–Trinajstić information content (AvgIpc) is 2.82. The predicted octanol–water partition coefficient (Wildman–Crippen LogP) is 2.39. The maximum Gasteiger partial charge on any atom is 0.318 e. The lowest BCUT2D eigenvalue weighted by Crippen LogP contribution is -2.57. The summed E-state index contributed by atoms with van der Waals surface area (Å²) >= 11 is 1.68. The van der Waals surface area contributed by atoms with Crippen LogP contribution in [0.4, 0.5) is 4.79 Å². The third-order valence-electron chi connectivity index (χ3n) is 5.00. The molecule has 0 aromatic carbocycles. The molecule has 1 aromatic rings. The van der Waals surface area contributed by atoms with Crippen molar-refractivity contribution in [3.63, 3.8) is 0 Å². The lowest BCUT2D eigenvalue weighted by molar-refractivity contribution is 0.0532. The first-order chi connectivity index (χ1) is 10.5. The minimum Gasteiger partial charge on any atom is -0.331 e. The fourth-order valence-electron chi connectivity index (χ4n) is 3.70. The van der Waals surface area contributed by atoms with Crippen LogP contribution < -0.4 is 5.32 Å². The molecule has 2 aliphatic heterocycles. The zero-order valence-corrected chi connectivity index (χ0v) is 14.6. The minimum absolute atomic E-state index is 0.0877. The molecule has 2 aliphatic rings. The van der Waals surface area contributed by atoms with Crippen LogP contribution in [0.2, 0.25) is 0 Å². The zero-order chi connectivity index (χ0) is 15.7. The van der Waals surface area contributed by atoms with Gasteiger partial charge in [-0.3, -0.25) is 0 Å². The van der Waals surface area contributed by atoms with Crippen LogP contribution in [-0.4, -0.2) is 53.5 Å². The predicted molar refractivity (Wildman–Crippen MR) is 89.2 cm³/mol. The Kier molecular flexibility index (Phi) is 4.68. The molecule has 2 saturated heterocycles. The Hall–Kier alpha value is -1.14. The van der Waals surface area contributed by atoms with Gasteiger partial charge in [0.15, 0.2) is 0 Å². The smallest absolute Gasteiger partial charge is 0.318 e. The fourth-order valence-corrected chi connectivity index (χ4v) is 4.58. The highest BCUT2D eigenvalue weighted by molar-refractivity contribution is 7.11. The number of likely N-dealkylation sites (tertiary alicyclic amines) is 2. The number of thiazole rings is 1. The maximum atomic E-state index is 12.6. The van der Waals surface area contributed by atoms with Crippen molar-refractivity contribution in [3.05, 3.63) is 15.6 Å². The maximum absolute atomic E-state index is 12.6. The van der Waals surface area contributed by atoms with Crippen LogP contribution in [0.15, 0.2) is 0 Å². The summed E-state index contributed by atoms with van der Waals surface area (Å²) in [7, 11) is 2.18. The molecule has 0 spiro atoms. The molecule has 1 aromatic heterocycles. The summed E-state index contributed by atoms with van der Waals surface area (Å²) in [5.41, 5.74) is 1.07. The third-order valence-corrected chi connectivity index (χ3v) is 6.07. The molecule has 6 heteroatoms. The van der Waals surface area contributed by atoms with E-state index in [-0.39, 0.29) is 6.03 Å². The molecule has 22 heavy (non-hydrogen) atoms. The van der Waals surface area contributed by atoms with E-state index in [0.29, 0.717) is 18.5 Å². The molecule has 2 atom stereocenters. The number of hydrogen-bond acceptors (Lipinski definition) is 4. The Morgan fingerprint density at radius 1 is 1.36 bits per heavy atom. The molecule has 0 bridgehead atoms. The summed E-state index contributed by atoms with van der Waals surface area (Å²) in [5.74, 6) is 0.641. The van der Waals surface area contributed by atoms with Crippen LogP contribution >= 0.6 is 11.3 Å². The van der Waals surface area contributed by atoms with Gasteiger partial charge in [0, 0.05) is 24.0 Å². The van der Waals surface area contributed by atoms with E-state index in [1.807, 2.05) is 6.92 Å². The summed E-state index contributed by atoms with van der Waals surface area (Å²) < 4.78 is 0. The number of rotatable bonds is 2. The first kappa shape index (κ1) is 15.7. The molecule has 3 rings (SSSR count). The zero-order valence-electron chi connectivity index (χ0n) is 13.8. The van der Waals surface area contributed by atoms with Gasteiger partial charge in [0.25, 0.3) is 0 Å². The number of nitrogens with one attached hydrogen (secondary N) is 1. The van der Waals surface area contributed by atoms with Gasteiger partial charge in [-0.25, -0.2) is 9.78 Å². The van der Waals surface area contributed by atoms with Gasteiger partial charge in [-0.2, -0.15) is 0 Å². The van der Waals surface area contributed by atoms with E-state index in [0.717, 1.165) is 43.2 Å². The van der Waals surface area contributed by atoms with Gasteiger partial charge >= 0.3 is 6.03 Å². The molecule has 2 amide bonds. The molecule has 0 unspecified atom stereocenters. The van der Waals surface area contributed by atoms with Crippen LogP contribution in [-0.2, 0) is 6.54 Å². The van der Waals surface area contributed by atoms with Gasteiger partial charge in [0.2, 0.25) is 0 Å². The number of aromatic nitrogens is 1. The van der Waals surface area contributed by atoms with Crippen molar-refractivity contribution >= 4 is 17.4 Å². The quantitative estimate of drug-likeness (QED) is 0.909. The minimum atomic E-state index is 0.0877. The summed E-state index contributed by atoms with van der Waals surface area (Å²) in [5, 5.41) is 4.08. The van der Waals surface area contributed by atoms with Gasteiger partial charge in [-0.1, -0.05) is 0 Å². The van der Waals surface area contributed by atoms with E-state index >= 15 is 0 Å². The Morgan fingerprint density at radius 3 is 2.91 bits per heavy atom. The second-order valence-electron chi connectivity index (χ2n) is 6.62. The van der Waals surface area contributed by atoms with E-state index in [4.69, 9.17) is 0 Å². The van der Waals surface area contributed by atoms with Gasteiger partial charge in [-0.05, 0) is 52.6 Å². The van der Waals surface area contributed by atoms with Gasteiger partial charge < -0.3 is 15.1 Å². The highest BCUT2D eigenvalue weighted by Gasteiger charge is 2.37. The normalized spacial score (nSPS) is 25.9. The number of carbonyl (C=O) groups excluding carboxylic acids is 1. The first-order valence-electron chi connectivity index (χ1n) is 8.20. The number of piperidine rings is 2. The van der Waals surface area contributed by atoms with Gasteiger partial charge in [0.05, 0.1) is 12.2 Å². The number of aryl methyl sites for hydroxylation is 2. The van der Waals surface area contributed by atoms with E-state index in [1.54, 1.807) is 11.3 Å². The first-order valence-corrected chi connectivity index (χ1v) is 9.02. The second kappa shape index (κ2) is 6.54. The Morgan fingerprint density at radius 2 is 2.18 bits per heavy atom. The SMILES string of the molecule is Cc1nc(CNC(=O)N2CCC[C@H]3CN(C)CC[C@@H]32)sc1C. The largest absolute Gasteiger partial charge is 0.331 e. The van der Waals surface area contributed by atoms with Crippen molar-refractivity contribution in [2.45, 2.75) is 45.7 Å². The Bertz CT molecular complexity index is 525. The highest BCUT2D eigenvalue weighted by Crippen LogP contribution is 2.30. The van der Waals surface area contributed by atoms with Gasteiger partial charge in [-0.15, -0.1) is 11.3 Å². The molecule has 5 nitrogen and oxygen atoms in total. The molecule has 2 fully saturated rings. The molecule has 0 radical (unpaired) electrons. The van der Waals surface area contributed by atoms with Crippen molar-refractivity contribution in [2.24, 2.45) is 5.92 Å². The topological polar surface area (TPSA) is 48.5 Å². The molecule has 3 heterocycles. The highest BCUT2D eigenvalue weighted by atomic mass is 32.1. The van der Waals surface area contributed by atoms with E-state index < -0.39 is 0 Å². The number of hydrogen-bond donors (Lipinski definition) is 1. The fraction of sp³-hybridized carbons (Fsp3) is 0.750. The molecule has 0 saturated carbocycles. The summed E-state index contributed by atoms with van der Waals surface area (Å²) in [6, 6.07) is 0.509. The number of urea groups is 1. The van der Waals surface area contributed by atoms with Crippen LogP contribution in [0.5, 0.6) is 0 Å².